The highest BCUT2D eigenvalue weighted by molar-refractivity contribution is 5.89. The summed E-state index contributed by atoms with van der Waals surface area (Å²) in [7, 11) is 3.48. The molecule has 19 heavy (non-hydrogen) atoms. The average molecular weight is 266 g/mol. The molecule has 1 rings (SSSR count). The molecule has 0 spiro atoms. The molecule has 0 fully saturated rings. The summed E-state index contributed by atoms with van der Waals surface area (Å²) in [5, 5.41) is 0. The van der Waals surface area contributed by atoms with E-state index < -0.39 is 0 Å². The molecule has 1 amide bonds. The molecule has 0 aliphatic rings. The summed E-state index contributed by atoms with van der Waals surface area (Å²) in [4.78, 5) is 24.9. The van der Waals surface area contributed by atoms with Crippen LogP contribution in [0.4, 0.5) is 0 Å². The molecule has 0 aliphatic carbocycles. The lowest BCUT2D eigenvalue weighted by molar-refractivity contribution is -0.128. The molecule has 1 heterocycles. The maximum Gasteiger partial charge on any atom is 0.355 e. The van der Waals surface area contributed by atoms with Crippen LogP contribution >= 0.6 is 0 Å². The summed E-state index contributed by atoms with van der Waals surface area (Å²) in [6.07, 6.45) is 3.05. The van der Waals surface area contributed by atoms with E-state index in [9.17, 15) is 9.59 Å². The first-order valence-electron chi connectivity index (χ1n) is 6.50. The number of rotatable bonds is 6. The second kappa shape index (κ2) is 6.97. The molecule has 1 aromatic rings. The van der Waals surface area contributed by atoms with Crippen molar-refractivity contribution in [3.8, 4) is 0 Å². The molecule has 106 valence electrons. The molecule has 0 bridgehead atoms. The third-order valence-corrected chi connectivity index (χ3v) is 2.92. The Kier molecular flexibility index (Phi) is 5.60. The zero-order valence-electron chi connectivity index (χ0n) is 12.1. The molecule has 0 aliphatic heterocycles. The lowest BCUT2D eigenvalue weighted by atomic mass is 10.2. The van der Waals surface area contributed by atoms with Crippen LogP contribution in [0.3, 0.4) is 0 Å². The van der Waals surface area contributed by atoms with Crippen LogP contribution in [0.25, 0.3) is 0 Å². The molecule has 0 unspecified atom stereocenters. The van der Waals surface area contributed by atoms with Crippen molar-refractivity contribution in [3.05, 3.63) is 23.5 Å². The van der Waals surface area contributed by atoms with Crippen LogP contribution in [-0.4, -0.2) is 42.0 Å². The predicted octanol–water partition coefficient (Wildman–Crippen LogP) is 1.84. The van der Waals surface area contributed by atoms with E-state index >= 15 is 0 Å². The van der Waals surface area contributed by atoms with Gasteiger partial charge in [0.05, 0.1) is 6.61 Å². The van der Waals surface area contributed by atoms with Gasteiger partial charge < -0.3 is 14.2 Å². The smallest absolute Gasteiger partial charge is 0.355 e. The predicted molar refractivity (Wildman–Crippen MR) is 73.1 cm³/mol. The van der Waals surface area contributed by atoms with Gasteiger partial charge in [-0.25, -0.2) is 4.79 Å². The van der Waals surface area contributed by atoms with Gasteiger partial charge in [0.25, 0.3) is 0 Å². The van der Waals surface area contributed by atoms with E-state index in [-0.39, 0.29) is 11.9 Å². The van der Waals surface area contributed by atoms with Crippen molar-refractivity contribution >= 4 is 11.9 Å². The number of amides is 1. The highest BCUT2D eigenvalue weighted by atomic mass is 16.5. The quantitative estimate of drug-likeness (QED) is 0.738. The Morgan fingerprint density at radius 1 is 1.37 bits per heavy atom. The van der Waals surface area contributed by atoms with Gasteiger partial charge in [0.15, 0.2) is 0 Å². The van der Waals surface area contributed by atoms with Crippen LogP contribution < -0.4 is 0 Å². The summed E-state index contributed by atoms with van der Waals surface area (Å²) < 4.78 is 6.90. The number of hydrogen-bond acceptors (Lipinski definition) is 3. The van der Waals surface area contributed by atoms with Crippen molar-refractivity contribution in [1.29, 1.82) is 0 Å². The van der Waals surface area contributed by atoms with Crippen molar-refractivity contribution in [2.24, 2.45) is 0 Å². The lowest BCUT2D eigenvalue weighted by Gasteiger charge is -2.12. The molecule has 0 aromatic carbocycles. The second-order valence-corrected chi connectivity index (χ2v) is 4.65. The van der Waals surface area contributed by atoms with E-state index in [2.05, 4.69) is 0 Å². The largest absolute Gasteiger partial charge is 0.461 e. The lowest BCUT2D eigenvalue weighted by Crippen LogP contribution is -2.22. The molecule has 0 radical (unpaired) electrons. The first kappa shape index (κ1) is 15.3. The van der Waals surface area contributed by atoms with Crippen LogP contribution in [-0.2, 0) is 16.1 Å². The minimum atomic E-state index is -0.302. The molecule has 0 saturated heterocycles. The van der Waals surface area contributed by atoms with E-state index in [1.54, 1.807) is 25.9 Å². The minimum absolute atomic E-state index is 0.0987. The standard InChI is InChI=1S/C14H22N2O3/c1-5-19-14(18)13-11(2)8-10-16(13)9-6-7-12(17)15(3)4/h8,10H,5-7,9H2,1-4H3. The van der Waals surface area contributed by atoms with E-state index in [1.807, 2.05) is 23.8 Å². The van der Waals surface area contributed by atoms with Crippen LogP contribution in [0, 0.1) is 6.92 Å². The van der Waals surface area contributed by atoms with Gasteiger partial charge in [-0.3, -0.25) is 4.79 Å². The number of hydrogen-bond donors (Lipinski definition) is 0. The first-order chi connectivity index (χ1) is 8.97. The van der Waals surface area contributed by atoms with Gasteiger partial charge in [0.2, 0.25) is 5.91 Å². The Hall–Kier alpha value is -1.78. The first-order valence-corrected chi connectivity index (χ1v) is 6.50. The molecule has 5 heteroatoms. The Morgan fingerprint density at radius 2 is 2.05 bits per heavy atom. The summed E-state index contributed by atoms with van der Waals surface area (Å²) in [5.74, 6) is -0.203. The van der Waals surface area contributed by atoms with Gasteiger partial charge >= 0.3 is 5.97 Å². The maximum absolute atomic E-state index is 11.8. The molecule has 0 atom stereocenters. The summed E-state index contributed by atoms with van der Waals surface area (Å²) in [5.41, 5.74) is 1.48. The SMILES string of the molecule is CCOC(=O)c1c(C)ccn1CCCC(=O)N(C)C. The monoisotopic (exact) mass is 266 g/mol. The van der Waals surface area contributed by atoms with Gasteiger partial charge in [-0.15, -0.1) is 0 Å². The zero-order valence-corrected chi connectivity index (χ0v) is 12.1. The van der Waals surface area contributed by atoms with E-state index in [4.69, 9.17) is 4.74 Å². The third kappa shape index (κ3) is 4.12. The number of aromatic nitrogens is 1. The van der Waals surface area contributed by atoms with Crippen molar-refractivity contribution in [3.63, 3.8) is 0 Å². The number of nitrogens with zero attached hydrogens (tertiary/aromatic N) is 2. The van der Waals surface area contributed by atoms with Crippen molar-refractivity contribution < 1.29 is 14.3 Å². The third-order valence-electron chi connectivity index (χ3n) is 2.92. The number of aryl methyl sites for hydroxylation is 2. The Morgan fingerprint density at radius 3 is 2.63 bits per heavy atom. The molecular formula is C14H22N2O3. The van der Waals surface area contributed by atoms with Gasteiger partial charge in [0, 0.05) is 33.3 Å². The second-order valence-electron chi connectivity index (χ2n) is 4.65. The summed E-state index contributed by atoms with van der Waals surface area (Å²) in [6, 6.07) is 1.89. The number of ether oxygens (including phenoxy) is 1. The fraction of sp³-hybridized carbons (Fsp3) is 0.571. The van der Waals surface area contributed by atoms with E-state index in [0.29, 0.717) is 31.7 Å². The number of carbonyl (C=O) groups is 2. The Balaban J connectivity index is 2.64. The Labute approximate surface area is 114 Å². The van der Waals surface area contributed by atoms with Gasteiger partial charge in [-0.2, -0.15) is 0 Å². The van der Waals surface area contributed by atoms with Gasteiger partial charge in [0.1, 0.15) is 5.69 Å². The topological polar surface area (TPSA) is 51.5 Å². The normalized spacial score (nSPS) is 10.3. The molecular weight excluding hydrogens is 244 g/mol. The van der Waals surface area contributed by atoms with Crippen molar-refractivity contribution in [2.45, 2.75) is 33.2 Å². The summed E-state index contributed by atoms with van der Waals surface area (Å²) >= 11 is 0. The van der Waals surface area contributed by atoms with Gasteiger partial charge in [-0.1, -0.05) is 0 Å². The number of esters is 1. The highest BCUT2D eigenvalue weighted by Gasteiger charge is 2.15. The zero-order chi connectivity index (χ0) is 14.4. The van der Waals surface area contributed by atoms with Crippen molar-refractivity contribution in [1.82, 2.24) is 9.47 Å². The minimum Gasteiger partial charge on any atom is -0.461 e. The van der Waals surface area contributed by atoms with Gasteiger partial charge in [-0.05, 0) is 31.9 Å². The van der Waals surface area contributed by atoms with Crippen molar-refractivity contribution in [2.75, 3.05) is 20.7 Å². The fourth-order valence-corrected chi connectivity index (χ4v) is 1.87. The highest BCUT2D eigenvalue weighted by Crippen LogP contribution is 2.13. The van der Waals surface area contributed by atoms with Crippen LogP contribution in [0.1, 0.15) is 35.8 Å². The Bertz CT molecular complexity index is 450. The fourth-order valence-electron chi connectivity index (χ4n) is 1.87. The molecule has 5 nitrogen and oxygen atoms in total. The maximum atomic E-state index is 11.8. The van der Waals surface area contributed by atoms with Crippen LogP contribution in [0.5, 0.6) is 0 Å². The number of carbonyl (C=O) groups excluding carboxylic acids is 2. The van der Waals surface area contributed by atoms with E-state index in [1.165, 1.54) is 0 Å². The summed E-state index contributed by atoms with van der Waals surface area (Å²) in [6.45, 7) is 4.67. The molecule has 1 aromatic heterocycles. The van der Waals surface area contributed by atoms with Crippen LogP contribution in [0.2, 0.25) is 0 Å². The molecule has 0 N–H and O–H groups in total. The average Bonchev–Trinajstić information content (AvgIpc) is 2.70. The molecule has 0 saturated carbocycles. The van der Waals surface area contributed by atoms with E-state index in [0.717, 1.165) is 5.56 Å². The van der Waals surface area contributed by atoms with Crippen LogP contribution in [0.15, 0.2) is 12.3 Å².